The summed E-state index contributed by atoms with van der Waals surface area (Å²) in [6.07, 6.45) is 1.12. The first-order valence-corrected chi connectivity index (χ1v) is 6.96. The topological polar surface area (TPSA) is 105 Å². The number of aryl methyl sites for hydroxylation is 1. The molecular weight excluding hydrogens is 270 g/mol. The molecule has 0 radical (unpaired) electrons. The third kappa shape index (κ3) is 3.16. The zero-order chi connectivity index (χ0) is 13.9. The quantitative estimate of drug-likeness (QED) is 0.820. The van der Waals surface area contributed by atoms with Crippen LogP contribution in [0.25, 0.3) is 0 Å². The van der Waals surface area contributed by atoms with E-state index in [1.165, 1.54) is 12.1 Å². The van der Waals surface area contributed by atoms with Crippen molar-refractivity contribution >= 4 is 10.0 Å². The summed E-state index contributed by atoms with van der Waals surface area (Å²) in [5, 5.41) is 12.6. The van der Waals surface area contributed by atoms with E-state index < -0.39 is 10.0 Å². The summed E-state index contributed by atoms with van der Waals surface area (Å²) >= 11 is 0. The second-order valence-electron chi connectivity index (χ2n) is 3.92. The Morgan fingerprint density at radius 1 is 1.42 bits per heavy atom. The van der Waals surface area contributed by atoms with Crippen LogP contribution in [0.2, 0.25) is 0 Å². The summed E-state index contributed by atoms with van der Waals surface area (Å²) in [5.74, 6) is 0.248. The zero-order valence-corrected chi connectivity index (χ0v) is 11.0. The maximum Gasteiger partial charge on any atom is 0.240 e. The van der Waals surface area contributed by atoms with Crippen molar-refractivity contribution in [2.24, 2.45) is 0 Å². The molecule has 0 aliphatic rings. The Kier molecular flexibility index (Phi) is 3.93. The lowest BCUT2D eigenvalue weighted by Gasteiger charge is -2.08. The van der Waals surface area contributed by atoms with Gasteiger partial charge in [0.25, 0.3) is 0 Å². The summed E-state index contributed by atoms with van der Waals surface area (Å²) in [4.78, 5) is 3.80. The second kappa shape index (κ2) is 5.47. The normalized spacial score (nSPS) is 11.7. The van der Waals surface area contributed by atoms with Crippen LogP contribution >= 0.6 is 0 Å². The molecular formula is C11H13N3O4S. The second-order valence-corrected chi connectivity index (χ2v) is 5.69. The fourth-order valence-corrected chi connectivity index (χ4v) is 2.53. The van der Waals surface area contributed by atoms with E-state index in [0.29, 0.717) is 5.56 Å². The smallest absolute Gasteiger partial charge is 0.240 e. The summed E-state index contributed by atoms with van der Waals surface area (Å²) < 4.78 is 30.9. The number of aliphatic hydroxyl groups is 1. The Hall–Kier alpha value is -1.77. The van der Waals surface area contributed by atoms with Crippen LogP contribution in [-0.2, 0) is 23.2 Å². The van der Waals surface area contributed by atoms with Crippen LogP contribution < -0.4 is 4.72 Å². The lowest BCUT2D eigenvalue weighted by molar-refractivity contribution is 0.280. The molecule has 1 heterocycles. The summed E-state index contributed by atoms with van der Waals surface area (Å²) in [5.41, 5.74) is 1.40. The van der Waals surface area contributed by atoms with E-state index in [0.717, 1.165) is 12.0 Å². The monoisotopic (exact) mass is 283 g/mol. The summed E-state index contributed by atoms with van der Waals surface area (Å²) in [6.45, 7) is 1.54. The van der Waals surface area contributed by atoms with E-state index in [1.54, 1.807) is 13.0 Å². The Balaban J connectivity index is 2.19. The van der Waals surface area contributed by atoms with Crippen LogP contribution in [0.5, 0.6) is 0 Å². The van der Waals surface area contributed by atoms with Crippen molar-refractivity contribution in [2.75, 3.05) is 0 Å². The molecule has 7 nitrogen and oxygen atoms in total. The van der Waals surface area contributed by atoms with Crippen LogP contribution in [0.15, 0.2) is 34.0 Å². The van der Waals surface area contributed by atoms with Gasteiger partial charge in [0, 0.05) is 0 Å². The minimum absolute atomic E-state index is 0.0544. The maximum atomic E-state index is 12.0. The first kappa shape index (κ1) is 13.7. The number of aromatic nitrogens is 2. The van der Waals surface area contributed by atoms with E-state index in [9.17, 15) is 8.42 Å². The van der Waals surface area contributed by atoms with Crippen molar-refractivity contribution in [3.05, 3.63) is 41.5 Å². The Morgan fingerprint density at radius 3 is 2.84 bits per heavy atom. The zero-order valence-electron chi connectivity index (χ0n) is 10.2. The molecule has 0 aliphatic carbocycles. The van der Waals surface area contributed by atoms with E-state index in [4.69, 9.17) is 5.11 Å². The summed E-state index contributed by atoms with van der Waals surface area (Å²) in [7, 11) is -3.67. The van der Waals surface area contributed by atoms with Crippen molar-refractivity contribution < 1.29 is 18.0 Å². The number of rotatable bonds is 5. The first-order valence-electron chi connectivity index (χ1n) is 5.48. The SMILES string of the molecule is Cc1ccc(S(=O)(=O)NCc2ncon2)cc1CO. The van der Waals surface area contributed by atoms with Crippen molar-refractivity contribution in [3.63, 3.8) is 0 Å². The van der Waals surface area contributed by atoms with Gasteiger partial charge in [0.2, 0.25) is 16.4 Å². The third-order valence-electron chi connectivity index (χ3n) is 2.63. The molecule has 2 aromatic rings. The predicted octanol–water partition coefficient (Wildman–Crippen LogP) is 0.349. The molecule has 0 bridgehead atoms. The van der Waals surface area contributed by atoms with Crippen LogP contribution in [-0.4, -0.2) is 23.7 Å². The molecule has 0 unspecified atom stereocenters. The maximum absolute atomic E-state index is 12.0. The molecule has 0 saturated carbocycles. The highest BCUT2D eigenvalue weighted by molar-refractivity contribution is 7.89. The molecule has 0 saturated heterocycles. The molecule has 102 valence electrons. The number of hydrogen-bond donors (Lipinski definition) is 2. The fraction of sp³-hybridized carbons (Fsp3) is 0.273. The van der Waals surface area contributed by atoms with Gasteiger partial charge in [-0.1, -0.05) is 11.2 Å². The molecule has 8 heteroatoms. The molecule has 0 spiro atoms. The lowest BCUT2D eigenvalue weighted by atomic mass is 10.1. The van der Waals surface area contributed by atoms with Crippen molar-refractivity contribution in [3.8, 4) is 0 Å². The number of nitrogens with one attached hydrogen (secondary N) is 1. The number of nitrogens with zero attached hydrogens (tertiary/aromatic N) is 2. The average Bonchev–Trinajstić information content (AvgIpc) is 2.90. The molecule has 2 rings (SSSR count). The average molecular weight is 283 g/mol. The van der Waals surface area contributed by atoms with E-state index in [2.05, 4.69) is 19.4 Å². The van der Waals surface area contributed by atoms with Gasteiger partial charge in [-0.05, 0) is 30.2 Å². The van der Waals surface area contributed by atoms with Crippen molar-refractivity contribution in [1.29, 1.82) is 0 Å². The standard InChI is InChI=1S/C11H13N3O4S/c1-8-2-3-10(4-9(8)6-15)19(16,17)13-5-11-12-7-18-14-11/h2-4,7,13,15H,5-6H2,1H3. The largest absolute Gasteiger partial charge is 0.392 e. The molecule has 2 N–H and O–H groups in total. The third-order valence-corrected chi connectivity index (χ3v) is 4.03. The Labute approximate surface area is 110 Å². The van der Waals surface area contributed by atoms with Crippen LogP contribution in [0.1, 0.15) is 17.0 Å². The summed E-state index contributed by atoms with van der Waals surface area (Å²) in [6, 6.07) is 4.56. The molecule has 19 heavy (non-hydrogen) atoms. The highest BCUT2D eigenvalue weighted by Crippen LogP contribution is 2.15. The highest BCUT2D eigenvalue weighted by atomic mass is 32.2. The van der Waals surface area contributed by atoms with Crippen molar-refractivity contribution in [1.82, 2.24) is 14.9 Å². The molecule has 1 aromatic heterocycles. The van der Waals surface area contributed by atoms with E-state index in [-0.39, 0.29) is 23.9 Å². The van der Waals surface area contributed by atoms with Gasteiger partial charge in [0.15, 0.2) is 5.82 Å². The van der Waals surface area contributed by atoms with Crippen molar-refractivity contribution in [2.45, 2.75) is 25.0 Å². The minimum atomic E-state index is -3.67. The van der Waals surface area contributed by atoms with Crippen LogP contribution in [0, 0.1) is 6.92 Å². The van der Waals surface area contributed by atoms with Gasteiger partial charge in [-0.3, -0.25) is 0 Å². The van der Waals surface area contributed by atoms with Gasteiger partial charge in [0.05, 0.1) is 18.0 Å². The van der Waals surface area contributed by atoms with Gasteiger partial charge >= 0.3 is 0 Å². The predicted molar refractivity (Wildman–Crippen MR) is 65.4 cm³/mol. The van der Waals surface area contributed by atoms with Crippen LogP contribution in [0.4, 0.5) is 0 Å². The number of hydrogen-bond acceptors (Lipinski definition) is 6. The van der Waals surface area contributed by atoms with Gasteiger partial charge < -0.3 is 9.63 Å². The molecule has 0 amide bonds. The van der Waals surface area contributed by atoms with Crippen LogP contribution in [0.3, 0.4) is 0 Å². The lowest BCUT2D eigenvalue weighted by Crippen LogP contribution is -2.24. The van der Waals surface area contributed by atoms with Gasteiger partial charge in [-0.15, -0.1) is 0 Å². The minimum Gasteiger partial charge on any atom is -0.392 e. The number of benzene rings is 1. The number of aliphatic hydroxyl groups excluding tert-OH is 1. The van der Waals surface area contributed by atoms with E-state index in [1.807, 2.05) is 0 Å². The first-order chi connectivity index (χ1) is 9.03. The molecule has 0 atom stereocenters. The van der Waals surface area contributed by atoms with Gasteiger partial charge in [-0.2, -0.15) is 4.98 Å². The van der Waals surface area contributed by atoms with Gasteiger partial charge in [-0.25, -0.2) is 13.1 Å². The van der Waals surface area contributed by atoms with Gasteiger partial charge in [0.1, 0.15) is 0 Å². The Morgan fingerprint density at radius 2 is 2.21 bits per heavy atom. The fourth-order valence-electron chi connectivity index (χ4n) is 1.50. The number of sulfonamides is 1. The molecule has 1 aromatic carbocycles. The Bertz CT molecular complexity index is 653. The van der Waals surface area contributed by atoms with E-state index >= 15 is 0 Å². The molecule has 0 fully saturated rings. The highest BCUT2D eigenvalue weighted by Gasteiger charge is 2.15. The molecule has 0 aliphatic heterocycles.